The van der Waals surface area contributed by atoms with Crippen molar-refractivity contribution < 1.29 is 9.53 Å². The van der Waals surface area contributed by atoms with Crippen molar-refractivity contribution in [2.75, 3.05) is 0 Å². The zero-order chi connectivity index (χ0) is 10.7. The number of nitrogens with zero attached hydrogens (tertiary/aromatic N) is 1. The lowest BCUT2D eigenvalue weighted by molar-refractivity contribution is -0.146. The Morgan fingerprint density at radius 1 is 1.40 bits per heavy atom. The topological polar surface area (TPSA) is 50.1 Å². The Labute approximate surface area is 88.3 Å². The van der Waals surface area contributed by atoms with Gasteiger partial charge in [-0.05, 0) is 30.5 Å². The highest BCUT2D eigenvalue weighted by Gasteiger charge is 2.31. The van der Waals surface area contributed by atoms with Crippen LogP contribution in [0.3, 0.4) is 0 Å². The number of benzene rings is 1. The van der Waals surface area contributed by atoms with Gasteiger partial charge in [0.15, 0.2) is 0 Å². The van der Waals surface area contributed by atoms with Crippen LogP contribution in [0, 0.1) is 17.2 Å². The number of nitriles is 1. The molecule has 0 aromatic heterocycles. The van der Waals surface area contributed by atoms with E-state index in [1.165, 1.54) is 0 Å². The summed E-state index contributed by atoms with van der Waals surface area (Å²) in [6.07, 6.45) is 1.93. The second-order valence-corrected chi connectivity index (χ2v) is 3.69. The van der Waals surface area contributed by atoms with Crippen LogP contribution in [0.5, 0.6) is 0 Å². The number of hydrogen-bond donors (Lipinski definition) is 0. The highest BCUT2D eigenvalue weighted by Crippen LogP contribution is 2.30. The molecule has 0 amide bonds. The first-order valence-electron chi connectivity index (χ1n) is 4.95. The smallest absolute Gasteiger partial charge is 0.309 e. The lowest BCUT2D eigenvalue weighted by Crippen LogP contribution is -2.06. The van der Waals surface area contributed by atoms with E-state index in [2.05, 4.69) is 0 Å². The van der Waals surface area contributed by atoms with Crippen LogP contribution in [-0.2, 0) is 16.1 Å². The summed E-state index contributed by atoms with van der Waals surface area (Å²) in [5, 5.41) is 8.59. The van der Waals surface area contributed by atoms with Crippen LogP contribution < -0.4 is 0 Å². The molecule has 0 saturated heterocycles. The first kappa shape index (κ1) is 9.72. The Balaban J connectivity index is 1.87. The third-order valence-corrected chi connectivity index (χ3v) is 2.37. The van der Waals surface area contributed by atoms with Gasteiger partial charge in [0.25, 0.3) is 0 Å². The van der Waals surface area contributed by atoms with Gasteiger partial charge in [-0.1, -0.05) is 12.1 Å². The first-order chi connectivity index (χ1) is 7.29. The van der Waals surface area contributed by atoms with Crippen LogP contribution in [0.4, 0.5) is 0 Å². The molecule has 76 valence electrons. The summed E-state index contributed by atoms with van der Waals surface area (Å²) >= 11 is 0. The molecule has 0 atom stereocenters. The second kappa shape index (κ2) is 4.14. The summed E-state index contributed by atoms with van der Waals surface area (Å²) in [5.41, 5.74) is 1.54. The van der Waals surface area contributed by atoms with Crippen LogP contribution in [0.1, 0.15) is 24.0 Å². The Hall–Kier alpha value is -1.82. The molecule has 1 aromatic rings. The molecule has 1 aliphatic rings. The fourth-order valence-electron chi connectivity index (χ4n) is 1.27. The summed E-state index contributed by atoms with van der Waals surface area (Å²) in [7, 11) is 0. The van der Waals surface area contributed by atoms with Gasteiger partial charge in [0.1, 0.15) is 6.61 Å². The minimum Gasteiger partial charge on any atom is -0.461 e. The molecule has 0 radical (unpaired) electrons. The quantitative estimate of drug-likeness (QED) is 0.703. The Bertz CT molecular complexity index is 399. The Morgan fingerprint density at radius 2 is 2.07 bits per heavy atom. The highest BCUT2D eigenvalue weighted by molar-refractivity contribution is 5.74. The summed E-state index contributed by atoms with van der Waals surface area (Å²) < 4.78 is 5.10. The lowest BCUT2D eigenvalue weighted by atomic mass is 10.2. The molecular formula is C12H11NO2. The van der Waals surface area contributed by atoms with E-state index >= 15 is 0 Å². The van der Waals surface area contributed by atoms with Crippen molar-refractivity contribution in [2.45, 2.75) is 19.4 Å². The summed E-state index contributed by atoms with van der Waals surface area (Å²) in [6, 6.07) is 9.09. The molecule has 3 heteroatoms. The molecule has 0 unspecified atom stereocenters. The van der Waals surface area contributed by atoms with Gasteiger partial charge in [0, 0.05) is 0 Å². The standard InChI is InChI=1S/C12H11NO2/c13-7-9-1-3-10(4-2-9)8-15-12(14)11-5-6-11/h1-4,11H,5-6,8H2. The molecule has 2 rings (SSSR count). The minimum absolute atomic E-state index is 0.0978. The molecule has 0 bridgehead atoms. The summed E-state index contributed by atoms with van der Waals surface area (Å²) in [6.45, 7) is 0.307. The molecule has 1 saturated carbocycles. The van der Waals surface area contributed by atoms with Gasteiger partial charge in [0.05, 0.1) is 17.6 Å². The maximum atomic E-state index is 11.2. The molecule has 0 aliphatic heterocycles. The van der Waals surface area contributed by atoms with Gasteiger partial charge in [0.2, 0.25) is 0 Å². The van der Waals surface area contributed by atoms with Gasteiger partial charge < -0.3 is 4.74 Å². The van der Waals surface area contributed by atoms with Gasteiger partial charge in [-0.3, -0.25) is 4.79 Å². The van der Waals surface area contributed by atoms with E-state index in [-0.39, 0.29) is 11.9 Å². The monoisotopic (exact) mass is 201 g/mol. The molecule has 3 nitrogen and oxygen atoms in total. The molecule has 15 heavy (non-hydrogen) atoms. The molecule has 1 aliphatic carbocycles. The van der Waals surface area contributed by atoms with Crippen molar-refractivity contribution in [2.24, 2.45) is 5.92 Å². The highest BCUT2D eigenvalue weighted by atomic mass is 16.5. The average Bonchev–Trinajstić information content (AvgIpc) is 3.10. The van der Waals surface area contributed by atoms with E-state index in [0.29, 0.717) is 12.2 Å². The Kier molecular flexibility index (Phi) is 2.68. The zero-order valence-electron chi connectivity index (χ0n) is 8.27. The molecule has 1 fully saturated rings. The van der Waals surface area contributed by atoms with Crippen LogP contribution in [0.25, 0.3) is 0 Å². The van der Waals surface area contributed by atoms with Crippen LogP contribution in [0.2, 0.25) is 0 Å². The zero-order valence-corrected chi connectivity index (χ0v) is 8.27. The summed E-state index contributed by atoms with van der Waals surface area (Å²) in [4.78, 5) is 11.2. The molecular weight excluding hydrogens is 190 g/mol. The molecule has 0 heterocycles. The second-order valence-electron chi connectivity index (χ2n) is 3.69. The van der Waals surface area contributed by atoms with Crippen molar-refractivity contribution in [3.05, 3.63) is 35.4 Å². The number of ether oxygens (including phenoxy) is 1. The van der Waals surface area contributed by atoms with Gasteiger partial charge in [-0.15, -0.1) is 0 Å². The lowest BCUT2D eigenvalue weighted by Gasteiger charge is -2.03. The van der Waals surface area contributed by atoms with Crippen LogP contribution in [-0.4, -0.2) is 5.97 Å². The van der Waals surface area contributed by atoms with E-state index in [1.807, 2.05) is 6.07 Å². The maximum Gasteiger partial charge on any atom is 0.309 e. The van der Waals surface area contributed by atoms with Crippen molar-refractivity contribution in [3.63, 3.8) is 0 Å². The van der Waals surface area contributed by atoms with E-state index in [1.54, 1.807) is 24.3 Å². The van der Waals surface area contributed by atoms with Crippen molar-refractivity contribution in [3.8, 4) is 6.07 Å². The number of esters is 1. The predicted molar refractivity (Wildman–Crippen MR) is 53.7 cm³/mol. The van der Waals surface area contributed by atoms with Crippen molar-refractivity contribution >= 4 is 5.97 Å². The molecule has 0 spiro atoms. The molecule has 1 aromatic carbocycles. The number of hydrogen-bond acceptors (Lipinski definition) is 3. The van der Waals surface area contributed by atoms with Crippen LogP contribution >= 0.6 is 0 Å². The van der Waals surface area contributed by atoms with E-state index < -0.39 is 0 Å². The normalized spacial score (nSPS) is 14.3. The SMILES string of the molecule is N#Cc1ccc(COC(=O)C2CC2)cc1. The summed E-state index contributed by atoms with van der Waals surface area (Å²) in [5.74, 6) is 0.0442. The van der Waals surface area contributed by atoms with E-state index in [4.69, 9.17) is 10.00 Å². The minimum atomic E-state index is -0.0978. The maximum absolute atomic E-state index is 11.2. The number of rotatable bonds is 3. The predicted octanol–water partition coefficient (Wildman–Crippen LogP) is 2.01. The fraction of sp³-hybridized carbons (Fsp3) is 0.333. The van der Waals surface area contributed by atoms with Gasteiger partial charge in [-0.25, -0.2) is 0 Å². The third kappa shape index (κ3) is 2.57. The fourth-order valence-corrected chi connectivity index (χ4v) is 1.27. The van der Waals surface area contributed by atoms with Gasteiger partial charge in [-0.2, -0.15) is 5.26 Å². The van der Waals surface area contributed by atoms with Gasteiger partial charge >= 0.3 is 5.97 Å². The van der Waals surface area contributed by atoms with Crippen molar-refractivity contribution in [1.82, 2.24) is 0 Å². The molecule has 0 N–H and O–H groups in total. The average molecular weight is 201 g/mol. The van der Waals surface area contributed by atoms with E-state index in [0.717, 1.165) is 18.4 Å². The van der Waals surface area contributed by atoms with E-state index in [9.17, 15) is 4.79 Å². The van der Waals surface area contributed by atoms with Crippen molar-refractivity contribution in [1.29, 1.82) is 5.26 Å². The largest absolute Gasteiger partial charge is 0.461 e. The number of carbonyl (C=O) groups is 1. The first-order valence-corrected chi connectivity index (χ1v) is 4.95. The third-order valence-electron chi connectivity index (χ3n) is 2.37. The van der Waals surface area contributed by atoms with Crippen LogP contribution in [0.15, 0.2) is 24.3 Å². The number of carbonyl (C=O) groups excluding carboxylic acids is 1. The Morgan fingerprint density at radius 3 is 2.60 bits per heavy atom.